The van der Waals surface area contributed by atoms with Crippen molar-refractivity contribution >= 4 is 10.9 Å². The maximum atomic E-state index is 13.6. The molecule has 1 aromatic heterocycles. The van der Waals surface area contributed by atoms with E-state index in [4.69, 9.17) is 4.74 Å². The topological polar surface area (TPSA) is 22.1 Å². The van der Waals surface area contributed by atoms with E-state index in [-0.39, 0.29) is 5.75 Å². The van der Waals surface area contributed by atoms with Gasteiger partial charge in [-0.1, -0.05) is 6.07 Å². The van der Waals surface area contributed by atoms with Crippen LogP contribution in [0.2, 0.25) is 0 Å². The molecule has 0 atom stereocenters. The van der Waals surface area contributed by atoms with E-state index in [1.54, 1.807) is 18.2 Å². The van der Waals surface area contributed by atoms with Gasteiger partial charge in [0.05, 0.1) is 5.52 Å². The number of nitrogens with zero attached hydrogens (tertiary/aromatic N) is 1. The van der Waals surface area contributed by atoms with Crippen molar-refractivity contribution in [3.05, 3.63) is 65.6 Å². The Morgan fingerprint density at radius 2 is 1.36 bits per heavy atom. The molecule has 22 heavy (non-hydrogen) atoms. The molecule has 0 saturated heterocycles. The van der Waals surface area contributed by atoms with Crippen molar-refractivity contribution in [2.24, 2.45) is 0 Å². The van der Waals surface area contributed by atoms with Crippen LogP contribution in [-0.2, 0) is 0 Å². The first-order valence-corrected chi connectivity index (χ1v) is 6.03. The normalized spacial score (nSPS) is 11.0. The standard InChI is InChI=1S/C15H6F5NO/c16-10-11(17)13(19)15(14(20)12(10)18)22-9-5-1-4-8-7(9)3-2-6-21-8/h1-6H. The Hall–Kier alpha value is -2.70. The molecule has 0 aliphatic rings. The zero-order valence-corrected chi connectivity index (χ0v) is 10.7. The van der Waals surface area contributed by atoms with E-state index in [1.165, 1.54) is 18.3 Å². The van der Waals surface area contributed by atoms with Gasteiger partial charge in [-0.15, -0.1) is 0 Å². The number of fused-ring (bicyclic) bond motifs is 1. The highest BCUT2D eigenvalue weighted by molar-refractivity contribution is 5.85. The lowest BCUT2D eigenvalue weighted by Crippen LogP contribution is -2.04. The predicted molar refractivity (Wildman–Crippen MR) is 68.0 cm³/mol. The lowest BCUT2D eigenvalue weighted by molar-refractivity contribution is 0.333. The summed E-state index contributed by atoms with van der Waals surface area (Å²) in [6, 6.07) is 7.52. The van der Waals surface area contributed by atoms with Crippen molar-refractivity contribution < 1.29 is 26.7 Å². The van der Waals surface area contributed by atoms with Gasteiger partial charge in [-0.3, -0.25) is 4.98 Å². The quantitative estimate of drug-likeness (QED) is 0.388. The molecule has 2 nitrogen and oxygen atoms in total. The summed E-state index contributed by atoms with van der Waals surface area (Å²) < 4.78 is 71.5. The molecule has 0 aliphatic heterocycles. The lowest BCUT2D eigenvalue weighted by atomic mass is 10.2. The number of hydrogen-bond donors (Lipinski definition) is 0. The number of benzene rings is 2. The second-order valence-electron chi connectivity index (χ2n) is 4.33. The van der Waals surface area contributed by atoms with Gasteiger partial charge < -0.3 is 4.74 Å². The van der Waals surface area contributed by atoms with Gasteiger partial charge in [0, 0.05) is 11.6 Å². The molecular formula is C15H6F5NO. The van der Waals surface area contributed by atoms with Crippen molar-refractivity contribution in [2.45, 2.75) is 0 Å². The fraction of sp³-hybridized carbons (Fsp3) is 0. The van der Waals surface area contributed by atoms with E-state index in [1.807, 2.05) is 0 Å². The minimum absolute atomic E-state index is 0.0752. The van der Waals surface area contributed by atoms with E-state index < -0.39 is 34.8 Å². The van der Waals surface area contributed by atoms with E-state index in [0.717, 1.165) is 0 Å². The van der Waals surface area contributed by atoms with E-state index in [9.17, 15) is 22.0 Å². The van der Waals surface area contributed by atoms with Gasteiger partial charge in [-0.2, -0.15) is 8.78 Å². The summed E-state index contributed by atoms with van der Waals surface area (Å²) in [4.78, 5) is 4.00. The minimum atomic E-state index is -2.23. The molecular weight excluding hydrogens is 305 g/mol. The fourth-order valence-corrected chi connectivity index (χ4v) is 1.95. The molecule has 2 aromatic carbocycles. The molecule has 112 valence electrons. The Morgan fingerprint density at radius 1 is 0.727 bits per heavy atom. The number of ether oxygens (including phenoxy) is 1. The van der Waals surface area contributed by atoms with Gasteiger partial charge in [0.1, 0.15) is 5.75 Å². The largest absolute Gasteiger partial charge is 0.450 e. The molecule has 0 spiro atoms. The molecule has 7 heteroatoms. The smallest absolute Gasteiger partial charge is 0.207 e. The minimum Gasteiger partial charge on any atom is -0.450 e. The molecule has 0 unspecified atom stereocenters. The Bertz CT molecular complexity index is 847. The summed E-state index contributed by atoms with van der Waals surface area (Å²) in [5.74, 6) is -11.8. The zero-order chi connectivity index (χ0) is 15.9. The predicted octanol–water partition coefficient (Wildman–Crippen LogP) is 4.72. The Morgan fingerprint density at radius 3 is 2.05 bits per heavy atom. The van der Waals surface area contributed by atoms with Crippen LogP contribution in [-0.4, -0.2) is 4.98 Å². The monoisotopic (exact) mass is 311 g/mol. The molecule has 3 rings (SSSR count). The third-order valence-corrected chi connectivity index (χ3v) is 2.99. The van der Waals surface area contributed by atoms with Crippen LogP contribution in [0.5, 0.6) is 11.5 Å². The highest BCUT2D eigenvalue weighted by atomic mass is 19.2. The van der Waals surface area contributed by atoms with Gasteiger partial charge >= 0.3 is 0 Å². The van der Waals surface area contributed by atoms with Crippen molar-refractivity contribution in [3.8, 4) is 11.5 Å². The second kappa shape index (κ2) is 5.25. The summed E-state index contributed by atoms with van der Waals surface area (Å²) in [6.07, 6.45) is 1.49. The average molecular weight is 311 g/mol. The van der Waals surface area contributed by atoms with Crippen LogP contribution in [0.25, 0.3) is 10.9 Å². The van der Waals surface area contributed by atoms with Gasteiger partial charge in [-0.25, -0.2) is 13.2 Å². The SMILES string of the molecule is Fc1c(F)c(F)c(Oc2cccc3ncccc23)c(F)c1F. The molecule has 0 saturated carbocycles. The number of aromatic nitrogens is 1. The van der Waals surface area contributed by atoms with Crippen LogP contribution in [0.4, 0.5) is 22.0 Å². The molecule has 3 aromatic rings. The fourth-order valence-electron chi connectivity index (χ4n) is 1.95. The van der Waals surface area contributed by atoms with Gasteiger partial charge in [0.2, 0.25) is 34.8 Å². The number of halogens is 5. The average Bonchev–Trinajstić information content (AvgIpc) is 2.55. The van der Waals surface area contributed by atoms with Crippen molar-refractivity contribution in [1.82, 2.24) is 4.98 Å². The third-order valence-electron chi connectivity index (χ3n) is 2.99. The van der Waals surface area contributed by atoms with Gasteiger partial charge in [-0.05, 0) is 24.3 Å². The highest BCUT2D eigenvalue weighted by Gasteiger charge is 2.27. The first-order valence-electron chi connectivity index (χ1n) is 6.03. The summed E-state index contributed by atoms with van der Waals surface area (Å²) in [7, 11) is 0. The Kier molecular flexibility index (Phi) is 3.40. The molecule has 0 bridgehead atoms. The first kappa shape index (κ1) is 14.2. The van der Waals surface area contributed by atoms with Crippen LogP contribution in [0.1, 0.15) is 0 Å². The third kappa shape index (κ3) is 2.14. The molecule has 0 N–H and O–H groups in total. The molecule has 0 aliphatic carbocycles. The molecule has 1 heterocycles. The molecule has 0 fully saturated rings. The van der Waals surface area contributed by atoms with Crippen LogP contribution < -0.4 is 4.74 Å². The lowest BCUT2D eigenvalue weighted by Gasteiger charge is -2.11. The van der Waals surface area contributed by atoms with Crippen LogP contribution in [0, 0.1) is 29.1 Å². The molecule has 0 radical (unpaired) electrons. The van der Waals surface area contributed by atoms with Crippen LogP contribution in [0.15, 0.2) is 36.5 Å². The number of rotatable bonds is 2. The summed E-state index contributed by atoms with van der Waals surface area (Å²) in [5.41, 5.74) is 0.448. The van der Waals surface area contributed by atoms with Crippen LogP contribution >= 0.6 is 0 Å². The van der Waals surface area contributed by atoms with Crippen molar-refractivity contribution in [2.75, 3.05) is 0 Å². The summed E-state index contributed by atoms with van der Waals surface area (Å²) in [5, 5.41) is 0.369. The Balaban J connectivity index is 2.18. The van der Waals surface area contributed by atoms with Crippen molar-refractivity contribution in [3.63, 3.8) is 0 Å². The number of hydrogen-bond acceptors (Lipinski definition) is 2. The van der Waals surface area contributed by atoms with E-state index >= 15 is 0 Å². The molecule has 0 amide bonds. The van der Waals surface area contributed by atoms with Gasteiger partial charge in [0.25, 0.3) is 0 Å². The first-order chi connectivity index (χ1) is 10.5. The van der Waals surface area contributed by atoms with E-state index in [2.05, 4.69) is 4.98 Å². The van der Waals surface area contributed by atoms with E-state index in [0.29, 0.717) is 10.9 Å². The van der Waals surface area contributed by atoms with Crippen LogP contribution in [0.3, 0.4) is 0 Å². The second-order valence-corrected chi connectivity index (χ2v) is 4.33. The maximum Gasteiger partial charge on any atom is 0.207 e. The zero-order valence-electron chi connectivity index (χ0n) is 10.7. The number of pyridine rings is 1. The Labute approximate surface area is 120 Å². The highest BCUT2D eigenvalue weighted by Crippen LogP contribution is 2.35. The summed E-state index contributed by atoms with van der Waals surface area (Å²) in [6.45, 7) is 0. The van der Waals surface area contributed by atoms with Gasteiger partial charge in [0.15, 0.2) is 0 Å². The van der Waals surface area contributed by atoms with Crippen molar-refractivity contribution in [1.29, 1.82) is 0 Å². The summed E-state index contributed by atoms with van der Waals surface area (Å²) >= 11 is 0. The maximum absolute atomic E-state index is 13.6.